The van der Waals surface area contributed by atoms with E-state index in [1.807, 2.05) is 40.3 Å². The molecule has 4 heteroatoms. The standard InChI is InChI=1S/C26H33N3O/c1-6-15-29-18-22(16-20-7-11-24(12-8-20)27(2)3)26(30)23(19-29)17-21-9-13-25(14-10-21)28(4)5/h7-14,16-17H,6,15,18-19H2,1-5H3/b22-16-,23-17+. The largest absolute Gasteiger partial charge is 0.378 e. The summed E-state index contributed by atoms with van der Waals surface area (Å²) in [7, 11) is 8.12. The first-order valence-electron chi connectivity index (χ1n) is 10.6. The lowest BCUT2D eigenvalue weighted by atomic mass is 9.94. The van der Waals surface area contributed by atoms with Crippen molar-refractivity contribution in [2.24, 2.45) is 0 Å². The Bertz CT molecular complexity index is 848. The lowest BCUT2D eigenvalue weighted by Crippen LogP contribution is -2.38. The number of rotatable bonds is 6. The van der Waals surface area contributed by atoms with Crippen molar-refractivity contribution in [3.63, 3.8) is 0 Å². The summed E-state index contributed by atoms with van der Waals surface area (Å²) in [6.45, 7) is 4.59. The molecule has 0 bridgehead atoms. The molecule has 0 saturated carbocycles. The van der Waals surface area contributed by atoms with Crippen LogP contribution < -0.4 is 9.80 Å². The zero-order valence-corrected chi connectivity index (χ0v) is 18.9. The summed E-state index contributed by atoms with van der Waals surface area (Å²) < 4.78 is 0. The normalized spacial score (nSPS) is 17.6. The lowest BCUT2D eigenvalue weighted by Gasteiger charge is -2.29. The summed E-state index contributed by atoms with van der Waals surface area (Å²) in [5.74, 6) is 0.163. The van der Waals surface area contributed by atoms with E-state index in [4.69, 9.17) is 0 Å². The predicted octanol–water partition coefficient (Wildman–Crippen LogP) is 4.58. The van der Waals surface area contributed by atoms with Gasteiger partial charge in [0, 0.05) is 63.8 Å². The van der Waals surface area contributed by atoms with E-state index in [1.54, 1.807) is 0 Å². The molecular weight excluding hydrogens is 370 g/mol. The maximum absolute atomic E-state index is 13.3. The number of likely N-dealkylation sites (tertiary alicyclic amines) is 1. The average Bonchev–Trinajstić information content (AvgIpc) is 2.72. The first-order chi connectivity index (χ1) is 14.4. The maximum atomic E-state index is 13.3. The van der Waals surface area contributed by atoms with Crippen LogP contribution in [0.15, 0.2) is 59.7 Å². The van der Waals surface area contributed by atoms with Crippen molar-refractivity contribution < 1.29 is 4.79 Å². The summed E-state index contributed by atoms with van der Waals surface area (Å²) in [6.07, 6.45) is 5.17. The molecule has 0 amide bonds. The Labute approximate surface area is 181 Å². The van der Waals surface area contributed by atoms with Gasteiger partial charge in [-0.1, -0.05) is 31.2 Å². The van der Waals surface area contributed by atoms with Crippen LogP contribution in [0, 0.1) is 0 Å². The summed E-state index contributed by atoms with van der Waals surface area (Å²) >= 11 is 0. The second kappa shape index (κ2) is 9.77. The second-order valence-electron chi connectivity index (χ2n) is 8.35. The smallest absolute Gasteiger partial charge is 0.187 e. The monoisotopic (exact) mass is 403 g/mol. The fourth-order valence-corrected chi connectivity index (χ4v) is 3.72. The van der Waals surface area contributed by atoms with Crippen molar-refractivity contribution in [1.82, 2.24) is 4.90 Å². The van der Waals surface area contributed by atoms with Crippen molar-refractivity contribution in [1.29, 1.82) is 0 Å². The van der Waals surface area contributed by atoms with Crippen molar-refractivity contribution in [2.45, 2.75) is 13.3 Å². The molecule has 0 N–H and O–H groups in total. The van der Waals surface area contributed by atoms with Gasteiger partial charge >= 0.3 is 0 Å². The van der Waals surface area contributed by atoms with Crippen molar-refractivity contribution in [3.05, 3.63) is 70.8 Å². The minimum atomic E-state index is 0.163. The molecule has 4 nitrogen and oxygen atoms in total. The molecule has 1 saturated heterocycles. The second-order valence-corrected chi connectivity index (χ2v) is 8.35. The Kier molecular flexibility index (Phi) is 7.11. The highest BCUT2D eigenvalue weighted by Crippen LogP contribution is 2.24. The zero-order valence-electron chi connectivity index (χ0n) is 18.9. The molecule has 0 aromatic heterocycles. The molecule has 3 rings (SSSR count). The number of hydrogen-bond donors (Lipinski definition) is 0. The number of benzene rings is 2. The molecular formula is C26H33N3O. The SMILES string of the molecule is CCCN1C/C(=C/c2ccc(N(C)C)cc2)C(=O)/C(=C/c2ccc(N(C)C)cc2)C1. The topological polar surface area (TPSA) is 26.8 Å². The molecule has 1 heterocycles. The summed E-state index contributed by atoms with van der Waals surface area (Å²) in [5.41, 5.74) is 6.17. The van der Waals surface area contributed by atoms with Crippen LogP contribution in [-0.2, 0) is 4.79 Å². The highest BCUT2D eigenvalue weighted by molar-refractivity contribution is 6.14. The third-order valence-electron chi connectivity index (χ3n) is 5.41. The van der Waals surface area contributed by atoms with E-state index < -0.39 is 0 Å². The van der Waals surface area contributed by atoms with E-state index in [9.17, 15) is 4.79 Å². The zero-order chi connectivity index (χ0) is 21.7. The molecule has 1 aliphatic heterocycles. The Hall–Kier alpha value is -2.85. The van der Waals surface area contributed by atoms with Gasteiger partial charge in [-0.2, -0.15) is 0 Å². The van der Waals surface area contributed by atoms with E-state index in [0.29, 0.717) is 13.1 Å². The number of anilines is 2. The Morgan fingerprint density at radius 3 is 1.50 bits per heavy atom. The number of carbonyl (C=O) groups is 1. The van der Waals surface area contributed by atoms with E-state index in [-0.39, 0.29) is 5.78 Å². The van der Waals surface area contributed by atoms with Gasteiger partial charge in [-0.15, -0.1) is 0 Å². The Morgan fingerprint density at radius 2 is 1.17 bits per heavy atom. The van der Waals surface area contributed by atoms with Gasteiger partial charge in [-0.3, -0.25) is 9.69 Å². The predicted molar refractivity (Wildman–Crippen MR) is 129 cm³/mol. The van der Waals surface area contributed by atoms with Crippen LogP contribution in [0.5, 0.6) is 0 Å². The minimum absolute atomic E-state index is 0.163. The highest BCUT2D eigenvalue weighted by Gasteiger charge is 2.25. The van der Waals surface area contributed by atoms with Crippen LogP contribution in [0.3, 0.4) is 0 Å². The number of ketones is 1. The van der Waals surface area contributed by atoms with Gasteiger partial charge in [0.1, 0.15) is 0 Å². The number of hydrogen-bond acceptors (Lipinski definition) is 4. The first-order valence-corrected chi connectivity index (χ1v) is 10.6. The van der Waals surface area contributed by atoms with E-state index in [1.165, 1.54) is 0 Å². The Balaban J connectivity index is 1.89. The van der Waals surface area contributed by atoms with Crippen molar-refractivity contribution >= 4 is 29.3 Å². The molecule has 2 aromatic rings. The average molecular weight is 404 g/mol. The van der Waals surface area contributed by atoms with Gasteiger partial charge in [-0.05, 0) is 60.5 Å². The number of carbonyl (C=O) groups excluding carboxylic acids is 1. The highest BCUT2D eigenvalue weighted by atomic mass is 16.1. The van der Waals surface area contributed by atoms with Crippen LogP contribution >= 0.6 is 0 Å². The van der Waals surface area contributed by atoms with E-state index in [2.05, 4.69) is 70.2 Å². The first kappa shape index (κ1) is 21.8. The molecule has 0 aliphatic carbocycles. The van der Waals surface area contributed by atoms with E-state index in [0.717, 1.165) is 46.6 Å². The number of piperidine rings is 1. The Morgan fingerprint density at radius 1 is 0.767 bits per heavy atom. The molecule has 1 fully saturated rings. The number of nitrogens with zero attached hydrogens (tertiary/aromatic N) is 3. The van der Waals surface area contributed by atoms with Crippen LogP contribution in [0.25, 0.3) is 12.2 Å². The molecule has 0 spiro atoms. The summed E-state index contributed by atoms with van der Waals surface area (Å²) in [4.78, 5) is 19.8. The van der Waals surface area contributed by atoms with Gasteiger partial charge in [0.15, 0.2) is 5.78 Å². The van der Waals surface area contributed by atoms with Crippen LogP contribution in [0.1, 0.15) is 24.5 Å². The molecule has 30 heavy (non-hydrogen) atoms. The van der Waals surface area contributed by atoms with Crippen molar-refractivity contribution in [3.8, 4) is 0 Å². The lowest BCUT2D eigenvalue weighted by molar-refractivity contribution is -0.113. The van der Waals surface area contributed by atoms with Crippen molar-refractivity contribution in [2.75, 3.05) is 57.6 Å². The minimum Gasteiger partial charge on any atom is -0.378 e. The van der Waals surface area contributed by atoms with Gasteiger partial charge in [0.05, 0.1) is 0 Å². The maximum Gasteiger partial charge on any atom is 0.187 e. The molecule has 1 aliphatic rings. The quantitative estimate of drug-likeness (QED) is 0.660. The molecule has 0 atom stereocenters. The third-order valence-corrected chi connectivity index (χ3v) is 5.41. The van der Waals surface area contributed by atoms with Gasteiger partial charge in [0.25, 0.3) is 0 Å². The van der Waals surface area contributed by atoms with Gasteiger partial charge in [0.2, 0.25) is 0 Å². The van der Waals surface area contributed by atoms with Crippen LogP contribution in [0.2, 0.25) is 0 Å². The molecule has 0 unspecified atom stereocenters. The molecule has 0 radical (unpaired) electrons. The van der Waals surface area contributed by atoms with Gasteiger partial charge in [-0.25, -0.2) is 0 Å². The van der Waals surface area contributed by atoms with Crippen LogP contribution in [-0.4, -0.2) is 58.5 Å². The van der Waals surface area contributed by atoms with Gasteiger partial charge < -0.3 is 9.80 Å². The fourth-order valence-electron chi connectivity index (χ4n) is 3.72. The molecule has 158 valence electrons. The van der Waals surface area contributed by atoms with E-state index >= 15 is 0 Å². The summed E-state index contributed by atoms with van der Waals surface area (Å²) in [5, 5.41) is 0. The fraction of sp³-hybridized carbons (Fsp3) is 0.346. The molecule has 2 aromatic carbocycles. The third kappa shape index (κ3) is 5.39. The summed E-state index contributed by atoms with van der Waals surface area (Å²) in [6, 6.07) is 16.7. The van der Waals surface area contributed by atoms with Crippen LogP contribution in [0.4, 0.5) is 11.4 Å². The number of Topliss-reactive ketones (excluding diaryl/α,β-unsaturated/α-hetero) is 1.